The second kappa shape index (κ2) is 7.74. The number of aliphatic hydroxyl groups excluding tert-OH is 1. The molecule has 0 aromatic heterocycles. The number of urea groups is 1. The number of rotatable bonds is 6. The standard InChI is InChI=1S/C13H17F3N2O2/c1-8(3-5-19)18-13(20)17-4-2-9-6-10(14)12(16)11(15)7-9/h6-8,19H,2-5H2,1H3,(H2,17,18,20)/t8-/m1/s1. The molecule has 3 N–H and O–H groups in total. The van der Waals surface area contributed by atoms with Gasteiger partial charge in [0, 0.05) is 19.2 Å². The summed E-state index contributed by atoms with van der Waals surface area (Å²) in [6, 6.07) is 1.17. The molecule has 1 atom stereocenters. The zero-order chi connectivity index (χ0) is 15.1. The number of benzene rings is 1. The predicted molar refractivity (Wildman–Crippen MR) is 67.7 cm³/mol. The minimum atomic E-state index is -1.50. The largest absolute Gasteiger partial charge is 0.396 e. The van der Waals surface area contributed by atoms with Gasteiger partial charge in [0.1, 0.15) is 0 Å². The third-order valence-corrected chi connectivity index (χ3v) is 2.68. The van der Waals surface area contributed by atoms with Crippen molar-refractivity contribution in [2.45, 2.75) is 25.8 Å². The summed E-state index contributed by atoms with van der Waals surface area (Å²) in [6.07, 6.45) is 0.609. The van der Waals surface area contributed by atoms with Gasteiger partial charge in [-0.2, -0.15) is 0 Å². The fraction of sp³-hybridized carbons (Fsp3) is 0.462. The summed E-state index contributed by atoms with van der Waals surface area (Å²) in [5, 5.41) is 13.8. The Morgan fingerprint density at radius 1 is 1.30 bits per heavy atom. The van der Waals surface area contributed by atoms with Crippen LogP contribution in [0, 0.1) is 17.5 Å². The lowest BCUT2D eigenvalue weighted by atomic mass is 10.1. The van der Waals surface area contributed by atoms with Crippen LogP contribution in [-0.4, -0.2) is 30.3 Å². The number of carbonyl (C=O) groups is 1. The summed E-state index contributed by atoms with van der Waals surface area (Å²) in [6.45, 7) is 1.86. The van der Waals surface area contributed by atoms with E-state index in [1.54, 1.807) is 6.92 Å². The van der Waals surface area contributed by atoms with Gasteiger partial charge in [-0.15, -0.1) is 0 Å². The topological polar surface area (TPSA) is 61.4 Å². The molecule has 7 heteroatoms. The van der Waals surface area contributed by atoms with Crippen molar-refractivity contribution in [1.82, 2.24) is 10.6 Å². The van der Waals surface area contributed by atoms with Crippen LogP contribution in [0.4, 0.5) is 18.0 Å². The highest BCUT2D eigenvalue weighted by atomic mass is 19.2. The average molecular weight is 290 g/mol. The van der Waals surface area contributed by atoms with Crippen LogP contribution in [0.2, 0.25) is 0 Å². The number of carbonyl (C=O) groups excluding carboxylic acids is 1. The Balaban J connectivity index is 2.39. The Labute approximate surface area is 115 Å². The summed E-state index contributed by atoms with van der Waals surface area (Å²) in [7, 11) is 0. The van der Waals surface area contributed by atoms with Gasteiger partial charge in [-0.3, -0.25) is 0 Å². The van der Waals surface area contributed by atoms with E-state index in [9.17, 15) is 18.0 Å². The maximum atomic E-state index is 12.9. The molecule has 0 bridgehead atoms. The monoisotopic (exact) mass is 290 g/mol. The highest BCUT2D eigenvalue weighted by Gasteiger charge is 2.11. The van der Waals surface area contributed by atoms with Gasteiger partial charge in [0.15, 0.2) is 17.5 Å². The number of hydrogen-bond donors (Lipinski definition) is 3. The maximum Gasteiger partial charge on any atom is 0.315 e. The van der Waals surface area contributed by atoms with E-state index in [-0.39, 0.29) is 31.2 Å². The maximum absolute atomic E-state index is 12.9. The Bertz CT molecular complexity index is 446. The number of halogens is 3. The molecule has 0 heterocycles. The fourth-order valence-corrected chi connectivity index (χ4v) is 1.61. The minimum Gasteiger partial charge on any atom is -0.396 e. The molecule has 1 aromatic carbocycles. The molecule has 0 radical (unpaired) electrons. The second-order valence-corrected chi connectivity index (χ2v) is 4.44. The lowest BCUT2D eigenvalue weighted by Crippen LogP contribution is -2.41. The summed E-state index contributed by atoms with van der Waals surface area (Å²) >= 11 is 0. The summed E-state index contributed by atoms with van der Waals surface area (Å²) in [5.74, 6) is -4.00. The van der Waals surface area contributed by atoms with E-state index in [2.05, 4.69) is 10.6 Å². The zero-order valence-electron chi connectivity index (χ0n) is 11.0. The molecule has 4 nitrogen and oxygen atoms in total. The first-order valence-electron chi connectivity index (χ1n) is 6.22. The highest BCUT2D eigenvalue weighted by Crippen LogP contribution is 2.13. The first kappa shape index (κ1) is 16.3. The predicted octanol–water partition coefficient (Wildman–Crippen LogP) is 1.72. The molecule has 0 aliphatic carbocycles. The van der Waals surface area contributed by atoms with Crippen LogP contribution in [0.3, 0.4) is 0 Å². The lowest BCUT2D eigenvalue weighted by molar-refractivity contribution is 0.231. The SMILES string of the molecule is C[C@H](CCO)NC(=O)NCCc1cc(F)c(F)c(F)c1. The molecule has 2 amide bonds. The third-order valence-electron chi connectivity index (χ3n) is 2.68. The lowest BCUT2D eigenvalue weighted by Gasteiger charge is -2.13. The molecule has 0 spiro atoms. The van der Waals surface area contributed by atoms with E-state index >= 15 is 0 Å². The van der Waals surface area contributed by atoms with Crippen molar-refractivity contribution in [2.24, 2.45) is 0 Å². The van der Waals surface area contributed by atoms with Crippen LogP contribution in [-0.2, 0) is 6.42 Å². The Morgan fingerprint density at radius 3 is 2.45 bits per heavy atom. The van der Waals surface area contributed by atoms with E-state index in [0.29, 0.717) is 6.42 Å². The summed E-state index contributed by atoms with van der Waals surface area (Å²) in [5.41, 5.74) is 0.255. The van der Waals surface area contributed by atoms with Gasteiger partial charge >= 0.3 is 6.03 Å². The van der Waals surface area contributed by atoms with Gasteiger partial charge < -0.3 is 15.7 Å². The van der Waals surface area contributed by atoms with Crippen LogP contribution >= 0.6 is 0 Å². The molecule has 112 valence electrons. The normalized spacial score (nSPS) is 12.1. The molecule has 1 rings (SSSR count). The molecule has 20 heavy (non-hydrogen) atoms. The van der Waals surface area contributed by atoms with Crippen molar-refractivity contribution in [3.63, 3.8) is 0 Å². The molecular weight excluding hydrogens is 273 g/mol. The first-order chi connectivity index (χ1) is 9.43. The smallest absolute Gasteiger partial charge is 0.315 e. The molecule has 0 aliphatic heterocycles. The number of amides is 2. The van der Waals surface area contributed by atoms with E-state index in [1.807, 2.05) is 0 Å². The Hall–Kier alpha value is -1.76. The highest BCUT2D eigenvalue weighted by molar-refractivity contribution is 5.74. The van der Waals surface area contributed by atoms with Crippen molar-refractivity contribution in [3.8, 4) is 0 Å². The second-order valence-electron chi connectivity index (χ2n) is 4.44. The number of nitrogens with one attached hydrogen (secondary N) is 2. The summed E-state index contributed by atoms with van der Waals surface area (Å²) < 4.78 is 38.6. The van der Waals surface area contributed by atoms with Crippen LogP contribution in [0.25, 0.3) is 0 Å². The molecule has 0 saturated carbocycles. The molecule has 0 fully saturated rings. The third kappa shape index (κ3) is 5.08. The zero-order valence-corrected chi connectivity index (χ0v) is 11.0. The van der Waals surface area contributed by atoms with Gasteiger partial charge in [-0.1, -0.05) is 0 Å². The van der Waals surface area contributed by atoms with Crippen molar-refractivity contribution >= 4 is 6.03 Å². The summed E-state index contributed by atoms with van der Waals surface area (Å²) in [4.78, 5) is 11.4. The molecular formula is C13H17F3N2O2. The van der Waals surface area contributed by atoms with Crippen LogP contribution in [0.5, 0.6) is 0 Å². The van der Waals surface area contributed by atoms with Crippen molar-refractivity contribution in [1.29, 1.82) is 0 Å². The Kier molecular flexibility index (Phi) is 6.30. The van der Waals surface area contributed by atoms with Gasteiger partial charge in [-0.05, 0) is 37.5 Å². The molecule has 1 aromatic rings. The van der Waals surface area contributed by atoms with Gasteiger partial charge in [0.25, 0.3) is 0 Å². The Morgan fingerprint density at radius 2 is 1.90 bits per heavy atom. The molecule has 0 unspecified atom stereocenters. The van der Waals surface area contributed by atoms with E-state index < -0.39 is 23.5 Å². The first-order valence-corrected chi connectivity index (χ1v) is 6.22. The number of aliphatic hydroxyl groups is 1. The van der Waals surface area contributed by atoms with Gasteiger partial charge in [0.05, 0.1) is 0 Å². The van der Waals surface area contributed by atoms with Crippen molar-refractivity contribution in [2.75, 3.05) is 13.2 Å². The van der Waals surface area contributed by atoms with E-state index in [1.165, 1.54) is 0 Å². The molecule has 0 saturated heterocycles. The number of hydrogen-bond acceptors (Lipinski definition) is 2. The fourth-order valence-electron chi connectivity index (χ4n) is 1.61. The van der Waals surface area contributed by atoms with Crippen LogP contribution < -0.4 is 10.6 Å². The quantitative estimate of drug-likeness (QED) is 0.699. The van der Waals surface area contributed by atoms with Gasteiger partial charge in [0.2, 0.25) is 0 Å². The average Bonchev–Trinajstić information content (AvgIpc) is 2.36. The van der Waals surface area contributed by atoms with Crippen LogP contribution in [0.1, 0.15) is 18.9 Å². The van der Waals surface area contributed by atoms with Crippen molar-refractivity contribution < 1.29 is 23.1 Å². The minimum absolute atomic E-state index is 0.0322. The van der Waals surface area contributed by atoms with Gasteiger partial charge in [-0.25, -0.2) is 18.0 Å². The van der Waals surface area contributed by atoms with E-state index in [0.717, 1.165) is 12.1 Å². The molecule has 0 aliphatic rings. The van der Waals surface area contributed by atoms with Crippen LogP contribution in [0.15, 0.2) is 12.1 Å². The van der Waals surface area contributed by atoms with Crippen molar-refractivity contribution in [3.05, 3.63) is 35.1 Å². The van der Waals surface area contributed by atoms with E-state index in [4.69, 9.17) is 5.11 Å².